The Hall–Kier alpha value is -0.860. The minimum Gasteiger partial charge on any atom is -0.375 e. The second-order valence-electron chi connectivity index (χ2n) is 5.90. The van der Waals surface area contributed by atoms with Crippen LogP contribution < -0.4 is 5.32 Å². The molecule has 2 bridgehead atoms. The monoisotopic (exact) mass is 245 g/mol. The lowest BCUT2D eigenvalue weighted by Gasteiger charge is -2.29. The van der Waals surface area contributed by atoms with E-state index in [1.54, 1.807) is 0 Å². The van der Waals surface area contributed by atoms with Crippen molar-refractivity contribution in [3.63, 3.8) is 0 Å². The molecule has 3 rings (SSSR count). The topological polar surface area (TPSA) is 21.3 Å². The quantitative estimate of drug-likeness (QED) is 0.883. The normalized spacial score (nSPS) is 31.8. The van der Waals surface area contributed by atoms with Crippen LogP contribution in [0.5, 0.6) is 0 Å². The van der Waals surface area contributed by atoms with Crippen molar-refractivity contribution < 1.29 is 4.74 Å². The Balaban J connectivity index is 1.88. The average molecular weight is 245 g/mol. The molecular weight excluding hydrogens is 222 g/mol. The Labute approximate surface area is 110 Å². The molecule has 0 radical (unpaired) electrons. The molecule has 4 atom stereocenters. The van der Waals surface area contributed by atoms with Gasteiger partial charge in [-0.1, -0.05) is 23.8 Å². The molecule has 1 N–H and O–H groups in total. The van der Waals surface area contributed by atoms with Crippen LogP contribution in [0.1, 0.15) is 42.0 Å². The van der Waals surface area contributed by atoms with Crippen LogP contribution in [0.25, 0.3) is 0 Å². The Morgan fingerprint density at radius 2 is 2.11 bits per heavy atom. The van der Waals surface area contributed by atoms with Gasteiger partial charge in [0.05, 0.1) is 12.2 Å². The summed E-state index contributed by atoms with van der Waals surface area (Å²) in [6.07, 6.45) is 4.75. The van der Waals surface area contributed by atoms with E-state index in [1.165, 1.54) is 36.0 Å². The number of fused-ring (bicyclic) bond motifs is 2. The van der Waals surface area contributed by atoms with E-state index in [4.69, 9.17) is 4.74 Å². The second kappa shape index (κ2) is 4.67. The molecule has 18 heavy (non-hydrogen) atoms. The van der Waals surface area contributed by atoms with Crippen molar-refractivity contribution in [3.05, 3.63) is 34.9 Å². The van der Waals surface area contributed by atoms with Gasteiger partial charge in [0, 0.05) is 12.0 Å². The largest absolute Gasteiger partial charge is 0.375 e. The zero-order chi connectivity index (χ0) is 12.7. The van der Waals surface area contributed by atoms with Crippen LogP contribution in [0.2, 0.25) is 0 Å². The molecule has 2 heteroatoms. The van der Waals surface area contributed by atoms with Crippen LogP contribution in [0.3, 0.4) is 0 Å². The van der Waals surface area contributed by atoms with Crippen molar-refractivity contribution in [2.45, 2.75) is 51.4 Å². The third-order valence-electron chi connectivity index (χ3n) is 4.65. The molecular formula is C16H23NO. The summed E-state index contributed by atoms with van der Waals surface area (Å²) in [4.78, 5) is 0. The average Bonchev–Trinajstić information content (AvgIpc) is 2.95. The minimum absolute atomic E-state index is 0.445. The highest BCUT2D eigenvalue weighted by atomic mass is 16.5. The molecule has 2 aliphatic rings. The van der Waals surface area contributed by atoms with E-state index in [1.807, 2.05) is 0 Å². The smallest absolute Gasteiger partial charge is 0.0627 e. The van der Waals surface area contributed by atoms with E-state index in [2.05, 4.69) is 44.4 Å². The summed E-state index contributed by atoms with van der Waals surface area (Å²) < 4.78 is 6.01. The van der Waals surface area contributed by atoms with E-state index >= 15 is 0 Å². The molecule has 0 aliphatic carbocycles. The van der Waals surface area contributed by atoms with Crippen molar-refractivity contribution in [2.24, 2.45) is 5.92 Å². The molecule has 2 aliphatic heterocycles. The number of benzene rings is 1. The van der Waals surface area contributed by atoms with Crippen molar-refractivity contribution >= 4 is 0 Å². The van der Waals surface area contributed by atoms with Gasteiger partial charge in [0.2, 0.25) is 0 Å². The third kappa shape index (κ3) is 1.98. The molecule has 1 aromatic rings. The van der Waals surface area contributed by atoms with Gasteiger partial charge in [-0.25, -0.2) is 0 Å². The van der Waals surface area contributed by atoms with Crippen LogP contribution in [0.4, 0.5) is 0 Å². The fourth-order valence-electron chi connectivity index (χ4n) is 3.80. The van der Waals surface area contributed by atoms with Gasteiger partial charge in [-0.05, 0) is 51.3 Å². The number of hydrogen-bond acceptors (Lipinski definition) is 2. The lowest BCUT2D eigenvalue weighted by Crippen LogP contribution is -2.32. The van der Waals surface area contributed by atoms with Crippen LogP contribution in [-0.2, 0) is 4.74 Å². The van der Waals surface area contributed by atoms with Crippen LogP contribution >= 0.6 is 0 Å². The van der Waals surface area contributed by atoms with E-state index < -0.39 is 0 Å². The van der Waals surface area contributed by atoms with E-state index in [0.29, 0.717) is 24.2 Å². The number of hydrogen-bond donors (Lipinski definition) is 1. The first-order valence-corrected chi connectivity index (χ1v) is 7.09. The molecule has 0 spiro atoms. The van der Waals surface area contributed by atoms with Crippen molar-refractivity contribution in [1.29, 1.82) is 0 Å². The number of aryl methyl sites for hydroxylation is 2. The summed E-state index contributed by atoms with van der Waals surface area (Å²) in [6.45, 7) is 4.38. The molecule has 0 amide bonds. The van der Waals surface area contributed by atoms with E-state index in [-0.39, 0.29) is 0 Å². The number of rotatable bonds is 3. The molecule has 2 saturated heterocycles. The molecule has 2 heterocycles. The zero-order valence-electron chi connectivity index (χ0n) is 11.6. The van der Waals surface area contributed by atoms with Gasteiger partial charge in [0.25, 0.3) is 0 Å². The molecule has 1 aromatic carbocycles. The van der Waals surface area contributed by atoms with Crippen molar-refractivity contribution in [1.82, 2.24) is 5.32 Å². The second-order valence-corrected chi connectivity index (χ2v) is 5.90. The molecule has 0 saturated carbocycles. The third-order valence-corrected chi connectivity index (χ3v) is 4.65. The van der Waals surface area contributed by atoms with Gasteiger partial charge in [0.15, 0.2) is 0 Å². The Bertz CT molecular complexity index is 443. The minimum atomic E-state index is 0.445. The summed E-state index contributed by atoms with van der Waals surface area (Å²) >= 11 is 0. The van der Waals surface area contributed by atoms with Gasteiger partial charge in [-0.2, -0.15) is 0 Å². The molecule has 0 aromatic heterocycles. The maximum atomic E-state index is 6.01. The summed E-state index contributed by atoms with van der Waals surface area (Å²) in [5.41, 5.74) is 4.19. The van der Waals surface area contributed by atoms with Crippen molar-refractivity contribution in [3.8, 4) is 0 Å². The highest BCUT2D eigenvalue weighted by Crippen LogP contribution is 2.45. The standard InChI is InChI=1S/C16H23NO/c1-10-4-6-13(11(2)8-10)16(17-3)14-9-12-5-7-15(14)18-12/h4,6,8,12,14-17H,5,7,9H2,1-3H3. The first kappa shape index (κ1) is 12.2. The van der Waals surface area contributed by atoms with Gasteiger partial charge >= 0.3 is 0 Å². The zero-order valence-corrected chi connectivity index (χ0v) is 11.6. The summed E-state index contributed by atoms with van der Waals surface area (Å²) in [7, 11) is 2.08. The van der Waals surface area contributed by atoms with E-state index in [0.717, 1.165) is 0 Å². The van der Waals surface area contributed by atoms with Gasteiger partial charge in [0.1, 0.15) is 0 Å². The Morgan fingerprint density at radius 1 is 1.28 bits per heavy atom. The van der Waals surface area contributed by atoms with Gasteiger partial charge in [-0.15, -0.1) is 0 Å². The number of nitrogens with one attached hydrogen (secondary N) is 1. The molecule has 2 fully saturated rings. The summed E-state index contributed by atoms with van der Waals surface area (Å²) in [5, 5.41) is 3.53. The maximum Gasteiger partial charge on any atom is 0.0627 e. The van der Waals surface area contributed by atoms with Gasteiger partial charge in [-0.3, -0.25) is 0 Å². The Kier molecular flexibility index (Phi) is 3.16. The first-order valence-electron chi connectivity index (χ1n) is 7.09. The fourth-order valence-corrected chi connectivity index (χ4v) is 3.80. The fraction of sp³-hybridized carbons (Fsp3) is 0.625. The first-order chi connectivity index (χ1) is 8.69. The maximum absolute atomic E-state index is 6.01. The Morgan fingerprint density at radius 3 is 2.67 bits per heavy atom. The molecule has 2 nitrogen and oxygen atoms in total. The van der Waals surface area contributed by atoms with Crippen molar-refractivity contribution in [2.75, 3.05) is 7.05 Å². The molecule has 4 unspecified atom stereocenters. The lowest BCUT2D eigenvalue weighted by atomic mass is 9.80. The van der Waals surface area contributed by atoms with E-state index in [9.17, 15) is 0 Å². The van der Waals surface area contributed by atoms with Gasteiger partial charge < -0.3 is 10.1 Å². The summed E-state index contributed by atoms with van der Waals surface area (Å²) in [6, 6.07) is 7.24. The highest BCUT2D eigenvalue weighted by Gasteiger charge is 2.44. The highest BCUT2D eigenvalue weighted by molar-refractivity contribution is 5.33. The molecule has 98 valence electrons. The van der Waals surface area contributed by atoms with Crippen LogP contribution in [0.15, 0.2) is 18.2 Å². The summed E-state index contributed by atoms with van der Waals surface area (Å²) in [5.74, 6) is 0.648. The predicted molar refractivity (Wildman–Crippen MR) is 73.7 cm³/mol. The number of ether oxygens (including phenoxy) is 1. The van der Waals surface area contributed by atoms with Crippen LogP contribution in [0, 0.1) is 19.8 Å². The lowest BCUT2D eigenvalue weighted by molar-refractivity contribution is 0.0862. The predicted octanol–water partition coefficient (Wildman–Crippen LogP) is 3.13. The van der Waals surface area contributed by atoms with Crippen LogP contribution in [-0.4, -0.2) is 19.3 Å². The SMILES string of the molecule is CNC(c1ccc(C)cc1C)C1CC2CCC1O2.